The van der Waals surface area contributed by atoms with Gasteiger partial charge in [-0.05, 0) is 17.5 Å². The SMILES string of the molecule is CCC(=O)OCOC(=O)Cc1cccc(CC)c1. The summed E-state index contributed by atoms with van der Waals surface area (Å²) in [5.74, 6) is -0.775. The smallest absolute Gasteiger partial charge is 0.313 e. The van der Waals surface area contributed by atoms with Crippen LogP contribution in [0.25, 0.3) is 0 Å². The molecule has 4 heteroatoms. The summed E-state index contributed by atoms with van der Waals surface area (Å²) in [7, 11) is 0. The van der Waals surface area contributed by atoms with Crippen molar-refractivity contribution in [1.82, 2.24) is 0 Å². The first kappa shape index (κ1) is 14.2. The summed E-state index contributed by atoms with van der Waals surface area (Å²) in [6, 6.07) is 7.77. The molecule has 0 saturated carbocycles. The van der Waals surface area contributed by atoms with Crippen molar-refractivity contribution in [1.29, 1.82) is 0 Å². The van der Waals surface area contributed by atoms with E-state index >= 15 is 0 Å². The molecule has 0 fully saturated rings. The predicted octanol–water partition coefficient (Wildman–Crippen LogP) is 2.25. The predicted molar refractivity (Wildman–Crippen MR) is 66.9 cm³/mol. The third-order valence-corrected chi connectivity index (χ3v) is 2.48. The van der Waals surface area contributed by atoms with E-state index in [1.54, 1.807) is 6.92 Å². The van der Waals surface area contributed by atoms with Crippen LogP contribution in [0.3, 0.4) is 0 Å². The highest BCUT2D eigenvalue weighted by molar-refractivity contribution is 5.73. The van der Waals surface area contributed by atoms with Crippen molar-refractivity contribution in [3.63, 3.8) is 0 Å². The van der Waals surface area contributed by atoms with E-state index in [0.717, 1.165) is 12.0 Å². The maximum Gasteiger partial charge on any atom is 0.313 e. The Kier molecular flexibility index (Phi) is 5.91. The van der Waals surface area contributed by atoms with Crippen LogP contribution in [0.5, 0.6) is 0 Å². The molecule has 0 aliphatic carbocycles. The maximum absolute atomic E-state index is 11.5. The van der Waals surface area contributed by atoms with Gasteiger partial charge in [-0.2, -0.15) is 0 Å². The van der Waals surface area contributed by atoms with Gasteiger partial charge in [-0.1, -0.05) is 38.1 Å². The average molecular weight is 250 g/mol. The molecule has 0 amide bonds. The number of rotatable bonds is 6. The number of carbonyl (C=O) groups excluding carboxylic acids is 2. The summed E-state index contributed by atoms with van der Waals surface area (Å²) in [6.07, 6.45) is 1.39. The van der Waals surface area contributed by atoms with E-state index in [0.29, 0.717) is 0 Å². The van der Waals surface area contributed by atoms with Gasteiger partial charge in [0.2, 0.25) is 6.79 Å². The van der Waals surface area contributed by atoms with Gasteiger partial charge >= 0.3 is 11.9 Å². The van der Waals surface area contributed by atoms with E-state index in [4.69, 9.17) is 4.74 Å². The molecule has 18 heavy (non-hydrogen) atoms. The first-order valence-electron chi connectivity index (χ1n) is 6.04. The normalized spacial score (nSPS) is 9.89. The minimum atomic E-state index is -0.396. The van der Waals surface area contributed by atoms with Gasteiger partial charge in [-0.25, -0.2) is 0 Å². The summed E-state index contributed by atoms with van der Waals surface area (Å²) in [6.45, 7) is 3.43. The van der Waals surface area contributed by atoms with Crippen molar-refractivity contribution in [2.75, 3.05) is 6.79 Å². The van der Waals surface area contributed by atoms with E-state index in [-0.39, 0.29) is 25.6 Å². The second-order valence-corrected chi connectivity index (χ2v) is 3.85. The van der Waals surface area contributed by atoms with E-state index in [9.17, 15) is 9.59 Å². The summed E-state index contributed by atoms with van der Waals surface area (Å²) >= 11 is 0. The summed E-state index contributed by atoms with van der Waals surface area (Å²) in [5, 5.41) is 0. The molecular formula is C14H18O4. The minimum absolute atomic E-state index is 0.192. The Morgan fingerprint density at radius 1 is 1.06 bits per heavy atom. The van der Waals surface area contributed by atoms with Crippen molar-refractivity contribution in [2.24, 2.45) is 0 Å². The van der Waals surface area contributed by atoms with E-state index in [1.165, 1.54) is 5.56 Å². The second-order valence-electron chi connectivity index (χ2n) is 3.85. The van der Waals surface area contributed by atoms with Crippen molar-refractivity contribution in [3.05, 3.63) is 35.4 Å². The Balaban J connectivity index is 2.37. The lowest BCUT2D eigenvalue weighted by atomic mass is 10.1. The molecule has 4 nitrogen and oxygen atoms in total. The number of aryl methyl sites for hydroxylation is 1. The number of benzene rings is 1. The average Bonchev–Trinajstić information content (AvgIpc) is 2.38. The molecule has 0 aliphatic heterocycles. The molecule has 0 N–H and O–H groups in total. The monoisotopic (exact) mass is 250 g/mol. The van der Waals surface area contributed by atoms with Crippen molar-refractivity contribution < 1.29 is 19.1 Å². The lowest BCUT2D eigenvalue weighted by Crippen LogP contribution is -2.13. The summed E-state index contributed by atoms with van der Waals surface area (Å²) < 4.78 is 9.47. The molecule has 0 aromatic heterocycles. The zero-order valence-electron chi connectivity index (χ0n) is 10.8. The van der Waals surface area contributed by atoms with Crippen LogP contribution >= 0.6 is 0 Å². The van der Waals surface area contributed by atoms with Crippen LogP contribution in [0, 0.1) is 0 Å². The molecule has 0 unspecified atom stereocenters. The van der Waals surface area contributed by atoms with Gasteiger partial charge < -0.3 is 9.47 Å². The van der Waals surface area contributed by atoms with Gasteiger partial charge in [-0.15, -0.1) is 0 Å². The van der Waals surface area contributed by atoms with Crippen molar-refractivity contribution >= 4 is 11.9 Å². The van der Waals surface area contributed by atoms with Crippen LogP contribution < -0.4 is 0 Å². The van der Waals surface area contributed by atoms with Gasteiger partial charge in [-0.3, -0.25) is 9.59 Å². The van der Waals surface area contributed by atoms with E-state index in [2.05, 4.69) is 11.7 Å². The molecule has 0 saturated heterocycles. The third-order valence-electron chi connectivity index (χ3n) is 2.48. The zero-order valence-corrected chi connectivity index (χ0v) is 10.8. The highest BCUT2D eigenvalue weighted by atomic mass is 16.7. The van der Waals surface area contributed by atoms with Crippen LogP contribution in [0.1, 0.15) is 31.4 Å². The number of hydrogen-bond acceptors (Lipinski definition) is 4. The van der Waals surface area contributed by atoms with Crippen molar-refractivity contribution in [2.45, 2.75) is 33.1 Å². The highest BCUT2D eigenvalue weighted by Crippen LogP contribution is 2.07. The quantitative estimate of drug-likeness (QED) is 0.574. The van der Waals surface area contributed by atoms with E-state index < -0.39 is 5.97 Å². The van der Waals surface area contributed by atoms with Gasteiger partial charge in [0.25, 0.3) is 0 Å². The molecule has 1 aromatic rings. The third kappa shape index (κ3) is 4.99. The number of ether oxygens (including phenoxy) is 2. The summed E-state index contributed by atoms with van der Waals surface area (Å²) in [5.41, 5.74) is 2.08. The largest absolute Gasteiger partial charge is 0.428 e. The molecule has 0 spiro atoms. The molecular weight excluding hydrogens is 232 g/mol. The fraction of sp³-hybridized carbons (Fsp3) is 0.429. The molecule has 0 atom stereocenters. The lowest BCUT2D eigenvalue weighted by molar-refractivity contribution is -0.166. The molecule has 0 aliphatic rings. The Morgan fingerprint density at radius 2 is 1.72 bits per heavy atom. The van der Waals surface area contributed by atoms with Gasteiger partial charge in [0.15, 0.2) is 0 Å². The molecule has 1 aromatic carbocycles. The van der Waals surface area contributed by atoms with Crippen LogP contribution in [0.4, 0.5) is 0 Å². The van der Waals surface area contributed by atoms with Gasteiger partial charge in [0.1, 0.15) is 0 Å². The topological polar surface area (TPSA) is 52.6 Å². The molecule has 1 rings (SSSR count). The number of esters is 2. The minimum Gasteiger partial charge on any atom is -0.428 e. The fourth-order valence-corrected chi connectivity index (χ4v) is 1.44. The Bertz CT molecular complexity index is 412. The molecule has 0 heterocycles. The molecule has 0 radical (unpaired) electrons. The van der Waals surface area contributed by atoms with Crippen LogP contribution in [0.2, 0.25) is 0 Å². The molecule has 98 valence electrons. The Hall–Kier alpha value is -1.84. The fourth-order valence-electron chi connectivity index (χ4n) is 1.44. The number of carbonyl (C=O) groups is 2. The first-order chi connectivity index (χ1) is 8.65. The second kappa shape index (κ2) is 7.48. The molecule has 0 bridgehead atoms. The van der Waals surface area contributed by atoms with Crippen LogP contribution in [0.15, 0.2) is 24.3 Å². The highest BCUT2D eigenvalue weighted by Gasteiger charge is 2.06. The van der Waals surface area contributed by atoms with Crippen LogP contribution in [-0.2, 0) is 31.9 Å². The Labute approximate surface area is 107 Å². The van der Waals surface area contributed by atoms with E-state index in [1.807, 2.05) is 24.3 Å². The summed E-state index contributed by atoms with van der Waals surface area (Å²) in [4.78, 5) is 22.3. The Morgan fingerprint density at radius 3 is 2.39 bits per heavy atom. The van der Waals surface area contributed by atoms with Gasteiger partial charge in [0, 0.05) is 6.42 Å². The van der Waals surface area contributed by atoms with Crippen molar-refractivity contribution in [3.8, 4) is 0 Å². The number of hydrogen-bond donors (Lipinski definition) is 0. The van der Waals surface area contributed by atoms with Crippen LogP contribution in [-0.4, -0.2) is 18.7 Å². The van der Waals surface area contributed by atoms with Gasteiger partial charge in [0.05, 0.1) is 6.42 Å². The zero-order chi connectivity index (χ0) is 13.4. The maximum atomic E-state index is 11.5. The standard InChI is InChI=1S/C14H18O4/c1-3-11-6-5-7-12(8-11)9-14(16)18-10-17-13(15)4-2/h5-8H,3-4,9-10H2,1-2H3. The first-order valence-corrected chi connectivity index (χ1v) is 6.04. The lowest BCUT2D eigenvalue weighted by Gasteiger charge is -2.06.